The van der Waals surface area contributed by atoms with Crippen LogP contribution in [0.3, 0.4) is 0 Å². The quantitative estimate of drug-likeness (QED) is 0.873. The van der Waals surface area contributed by atoms with E-state index in [-0.39, 0.29) is 11.5 Å². The predicted molar refractivity (Wildman–Crippen MR) is 65.3 cm³/mol. The van der Waals surface area contributed by atoms with Crippen LogP contribution in [0.15, 0.2) is 24.3 Å². The molecule has 0 spiro atoms. The van der Waals surface area contributed by atoms with Gasteiger partial charge in [-0.05, 0) is 30.5 Å². The number of nitrogens with two attached hydrogens (primary N) is 1. The third kappa shape index (κ3) is 2.75. The van der Waals surface area contributed by atoms with E-state index in [2.05, 4.69) is 0 Å². The molecule has 0 radical (unpaired) electrons. The third-order valence-electron chi connectivity index (χ3n) is 2.89. The predicted octanol–water partition coefficient (Wildman–Crippen LogP) is 1.40. The first-order valence-electron chi connectivity index (χ1n) is 5.12. The summed E-state index contributed by atoms with van der Waals surface area (Å²) in [6.45, 7) is 0. The average molecular weight is 260 g/mol. The van der Waals surface area contributed by atoms with Crippen LogP contribution in [0, 0.1) is 0 Å². The Balaban J connectivity index is 2.13. The summed E-state index contributed by atoms with van der Waals surface area (Å²) in [5.74, 6) is 0.291. The molecule has 1 aromatic carbocycles. The number of sulfone groups is 1. The Labute approximate surface area is 101 Å². The zero-order chi connectivity index (χ0) is 11.8. The molecule has 1 atom stereocenters. The molecule has 0 saturated carbocycles. The standard InChI is InChI=1S/C11H14ClNO2S/c12-10-3-1-9(2-4-10)7-11(13)5-6-16(14,15)8-11/h1-4H,5-8,13H2. The number of halogens is 1. The van der Waals surface area contributed by atoms with Crippen molar-refractivity contribution in [3.8, 4) is 0 Å². The van der Waals surface area contributed by atoms with Crippen molar-refractivity contribution in [3.05, 3.63) is 34.9 Å². The minimum Gasteiger partial charge on any atom is -0.324 e. The highest BCUT2D eigenvalue weighted by molar-refractivity contribution is 7.91. The molecule has 0 aliphatic carbocycles. The zero-order valence-electron chi connectivity index (χ0n) is 8.82. The van der Waals surface area contributed by atoms with Crippen molar-refractivity contribution < 1.29 is 8.42 Å². The van der Waals surface area contributed by atoms with Gasteiger partial charge in [0.05, 0.1) is 11.5 Å². The van der Waals surface area contributed by atoms with Crippen molar-refractivity contribution in [1.82, 2.24) is 0 Å². The minimum absolute atomic E-state index is 0.0859. The Bertz CT molecular complexity index is 483. The van der Waals surface area contributed by atoms with E-state index in [0.29, 0.717) is 17.9 Å². The van der Waals surface area contributed by atoms with Gasteiger partial charge in [-0.15, -0.1) is 0 Å². The van der Waals surface area contributed by atoms with Crippen LogP contribution in [0.25, 0.3) is 0 Å². The van der Waals surface area contributed by atoms with Crippen LogP contribution >= 0.6 is 11.6 Å². The lowest BCUT2D eigenvalue weighted by Gasteiger charge is -2.21. The monoisotopic (exact) mass is 259 g/mol. The molecule has 1 fully saturated rings. The number of hydrogen-bond acceptors (Lipinski definition) is 3. The smallest absolute Gasteiger partial charge is 0.152 e. The van der Waals surface area contributed by atoms with Crippen LogP contribution in [-0.4, -0.2) is 25.5 Å². The van der Waals surface area contributed by atoms with Crippen LogP contribution in [-0.2, 0) is 16.3 Å². The van der Waals surface area contributed by atoms with Gasteiger partial charge in [0.15, 0.2) is 9.84 Å². The van der Waals surface area contributed by atoms with E-state index in [9.17, 15) is 8.42 Å². The molecule has 16 heavy (non-hydrogen) atoms. The maximum Gasteiger partial charge on any atom is 0.152 e. The van der Waals surface area contributed by atoms with Gasteiger partial charge in [0.1, 0.15) is 0 Å². The highest BCUT2D eigenvalue weighted by atomic mass is 35.5. The lowest BCUT2D eigenvalue weighted by Crippen LogP contribution is -2.43. The molecule has 2 rings (SSSR count). The fourth-order valence-corrected chi connectivity index (χ4v) is 4.20. The molecule has 1 heterocycles. The molecule has 0 bridgehead atoms. The number of rotatable bonds is 2. The summed E-state index contributed by atoms with van der Waals surface area (Å²) in [5, 5.41) is 0.675. The molecule has 1 saturated heterocycles. The van der Waals surface area contributed by atoms with Crippen LogP contribution in [0.5, 0.6) is 0 Å². The first kappa shape index (κ1) is 11.9. The van der Waals surface area contributed by atoms with E-state index >= 15 is 0 Å². The minimum atomic E-state index is -2.93. The first-order valence-corrected chi connectivity index (χ1v) is 7.32. The summed E-state index contributed by atoms with van der Waals surface area (Å²) in [7, 11) is -2.93. The zero-order valence-corrected chi connectivity index (χ0v) is 10.4. The van der Waals surface area contributed by atoms with Crippen molar-refractivity contribution in [2.75, 3.05) is 11.5 Å². The Kier molecular flexibility index (Phi) is 2.99. The maximum absolute atomic E-state index is 11.4. The molecule has 2 N–H and O–H groups in total. The Morgan fingerprint density at radius 2 is 1.94 bits per heavy atom. The van der Waals surface area contributed by atoms with E-state index in [1.807, 2.05) is 12.1 Å². The van der Waals surface area contributed by atoms with Gasteiger partial charge in [0, 0.05) is 10.6 Å². The lowest BCUT2D eigenvalue weighted by molar-refractivity contribution is 0.476. The lowest BCUT2D eigenvalue weighted by atomic mass is 9.91. The summed E-state index contributed by atoms with van der Waals surface area (Å²) in [5.41, 5.74) is 6.52. The molecule has 3 nitrogen and oxygen atoms in total. The number of benzene rings is 1. The van der Waals surface area contributed by atoms with E-state index in [4.69, 9.17) is 17.3 Å². The van der Waals surface area contributed by atoms with Crippen molar-refractivity contribution in [2.24, 2.45) is 5.73 Å². The fraction of sp³-hybridized carbons (Fsp3) is 0.455. The van der Waals surface area contributed by atoms with Crippen molar-refractivity contribution >= 4 is 21.4 Å². The van der Waals surface area contributed by atoms with Crippen LogP contribution < -0.4 is 5.73 Å². The van der Waals surface area contributed by atoms with Crippen molar-refractivity contribution in [3.63, 3.8) is 0 Å². The Morgan fingerprint density at radius 1 is 1.31 bits per heavy atom. The molecule has 1 aliphatic rings. The van der Waals surface area contributed by atoms with Gasteiger partial charge >= 0.3 is 0 Å². The topological polar surface area (TPSA) is 60.2 Å². The highest BCUT2D eigenvalue weighted by Crippen LogP contribution is 2.25. The largest absolute Gasteiger partial charge is 0.324 e. The van der Waals surface area contributed by atoms with E-state index in [1.165, 1.54) is 0 Å². The molecular formula is C11H14ClNO2S. The van der Waals surface area contributed by atoms with Gasteiger partial charge in [0.2, 0.25) is 0 Å². The normalized spacial score (nSPS) is 28.1. The summed E-state index contributed by atoms with van der Waals surface area (Å²) >= 11 is 5.78. The van der Waals surface area contributed by atoms with E-state index in [1.54, 1.807) is 12.1 Å². The van der Waals surface area contributed by atoms with Crippen LogP contribution in [0.2, 0.25) is 5.02 Å². The molecule has 1 unspecified atom stereocenters. The Morgan fingerprint density at radius 3 is 2.44 bits per heavy atom. The molecule has 1 aromatic rings. The molecule has 88 valence electrons. The van der Waals surface area contributed by atoms with Crippen molar-refractivity contribution in [1.29, 1.82) is 0 Å². The van der Waals surface area contributed by atoms with Gasteiger partial charge in [-0.2, -0.15) is 0 Å². The van der Waals surface area contributed by atoms with Gasteiger partial charge in [-0.3, -0.25) is 0 Å². The molecular weight excluding hydrogens is 246 g/mol. The summed E-state index contributed by atoms with van der Waals surface area (Å²) in [6.07, 6.45) is 1.13. The van der Waals surface area contributed by atoms with Gasteiger partial charge in [0.25, 0.3) is 0 Å². The van der Waals surface area contributed by atoms with Gasteiger partial charge < -0.3 is 5.73 Å². The van der Waals surface area contributed by atoms with Crippen LogP contribution in [0.4, 0.5) is 0 Å². The van der Waals surface area contributed by atoms with E-state index in [0.717, 1.165) is 5.56 Å². The maximum atomic E-state index is 11.4. The van der Waals surface area contributed by atoms with E-state index < -0.39 is 15.4 Å². The van der Waals surface area contributed by atoms with Gasteiger partial charge in [-0.25, -0.2) is 8.42 Å². The molecule has 1 aliphatic heterocycles. The summed E-state index contributed by atoms with van der Waals surface area (Å²) < 4.78 is 22.8. The third-order valence-corrected chi connectivity index (χ3v) is 4.98. The number of hydrogen-bond donors (Lipinski definition) is 1. The second-order valence-corrected chi connectivity index (χ2v) is 7.13. The average Bonchev–Trinajstić information content (AvgIpc) is 2.45. The molecule has 5 heteroatoms. The van der Waals surface area contributed by atoms with Crippen molar-refractivity contribution in [2.45, 2.75) is 18.4 Å². The Hall–Kier alpha value is -0.580. The molecule has 0 amide bonds. The summed E-state index contributed by atoms with van der Waals surface area (Å²) in [4.78, 5) is 0. The highest BCUT2D eigenvalue weighted by Gasteiger charge is 2.38. The summed E-state index contributed by atoms with van der Waals surface area (Å²) in [6, 6.07) is 7.37. The van der Waals surface area contributed by atoms with Crippen LogP contribution in [0.1, 0.15) is 12.0 Å². The second kappa shape index (κ2) is 4.02. The molecule has 0 aromatic heterocycles. The first-order chi connectivity index (χ1) is 7.39. The fourth-order valence-electron chi connectivity index (χ4n) is 2.09. The van der Waals surface area contributed by atoms with Gasteiger partial charge in [-0.1, -0.05) is 23.7 Å². The second-order valence-electron chi connectivity index (χ2n) is 4.51. The SMILES string of the molecule is NC1(Cc2ccc(Cl)cc2)CCS(=O)(=O)C1.